The van der Waals surface area contributed by atoms with E-state index >= 15 is 0 Å². The van der Waals surface area contributed by atoms with Crippen LogP contribution in [0.1, 0.15) is 31.9 Å². The van der Waals surface area contributed by atoms with Crippen LogP contribution in [-0.2, 0) is 15.5 Å². The van der Waals surface area contributed by atoms with E-state index in [0.717, 1.165) is 33.3 Å². The lowest BCUT2D eigenvalue weighted by Crippen LogP contribution is -2.23. The van der Waals surface area contributed by atoms with Crippen LogP contribution >= 0.6 is 0 Å². The summed E-state index contributed by atoms with van der Waals surface area (Å²) in [6, 6.07) is 6.81. The SMILES string of the molecule is CC1=Nc2ccc3c(C)cc(S(=O)(=O)[O-])cc3c2C1(C)C. The van der Waals surface area contributed by atoms with E-state index in [4.69, 9.17) is 0 Å². The zero-order valence-corrected chi connectivity index (χ0v) is 13.2. The summed E-state index contributed by atoms with van der Waals surface area (Å²) >= 11 is 0. The molecule has 3 rings (SSSR count). The van der Waals surface area contributed by atoms with Crippen LogP contribution in [0.3, 0.4) is 0 Å². The van der Waals surface area contributed by atoms with Gasteiger partial charge in [-0.1, -0.05) is 19.9 Å². The van der Waals surface area contributed by atoms with Gasteiger partial charge >= 0.3 is 0 Å². The van der Waals surface area contributed by atoms with Crippen molar-refractivity contribution in [1.29, 1.82) is 0 Å². The largest absolute Gasteiger partial charge is 0.744 e. The molecule has 21 heavy (non-hydrogen) atoms. The molecule has 4 nitrogen and oxygen atoms in total. The Labute approximate surface area is 124 Å². The van der Waals surface area contributed by atoms with E-state index in [1.807, 2.05) is 26.0 Å². The van der Waals surface area contributed by atoms with Crippen LogP contribution in [-0.4, -0.2) is 18.7 Å². The van der Waals surface area contributed by atoms with Crippen LogP contribution in [0.5, 0.6) is 0 Å². The molecule has 0 aliphatic carbocycles. The molecule has 0 aromatic heterocycles. The van der Waals surface area contributed by atoms with Crippen LogP contribution in [0.25, 0.3) is 10.8 Å². The second-order valence-corrected chi connectivity index (χ2v) is 7.45. The van der Waals surface area contributed by atoms with E-state index in [-0.39, 0.29) is 10.3 Å². The minimum atomic E-state index is -4.47. The predicted molar refractivity (Wildman–Crippen MR) is 82.4 cm³/mol. The zero-order chi connectivity index (χ0) is 15.6. The fourth-order valence-electron chi connectivity index (χ4n) is 2.97. The molecule has 0 saturated heterocycles. The van der Waals surface area contributed by atoms with Crippen molar-refractivity contribution in [3.8, 4) is 0 Å². The number of hydrogen-bond donors (Lipinski definition) is 0. The molecule has 1 aliphatic rings. The highest BCUT2D eigenvalue weighted by Gasteiger charge is 2.34. The Morgan fingerprint density at radius 1 is 1.10 bits per heavy atom. The molecule has 110 valence electrons. The van der Waals surface area contributed by atoms with Crippen molar-refractivity contribution in [3.63, 3.8) is 0 Å². The molecule has 1 heterocycles. The molecule has 0 saturated carbocycles. The molecular weight excluding hydrogens is 286 g/mol. The zero-order valence-electron chi connectivity index (χ0n) is 12.4. The standard InChI is InChI=1S/C16H17NO3S/c1-9-7-11(21(18,19)20)8-13-12(9)5-6-14-15(13)16(3,4)10(2)17-14/h5-8H,1-4H3,(H,18,19,20)/p-1. The molecule has 5 heteroatoms. The number of aliphatic imine (C=N–C) groups is 1. The topological polar surface area (TPSA) is 69.6 Å². The number of rotatable bonds is 1. The van der Waals surface area contributed by atoms with Crippen molar-refractivity contribution in [3.05, 3.63) is 35.4 Å². The van der Waals surface area contributed by atoms with Crippen molar-refractivity contribution >= 4 is 32.3 Å². The minimum Gasteiger partial charge on any atom is -0.744 e. The van der Waals surface area contributed by atoms with Crippen molar-refractivity contribution in [1.82, 2.24) is 0 Å². The molecule has 0 fully saturated rings. The van der Waals surface area contributed by atoms with Crippen molar-refractivity contribution in [2.45, 2.75) is 38.0 Å². The fraction of sp³-hybridized carbons (Fsp3) is 0.312. The number of aryl methyl sites for hydroxylation is 1. The highest BCUT2D eigenvalue weighted by Crippen LogP contribution is 2.45. The molecule has 0 atom stereocenters. The van der Waals surface area contributed by atoms with Crippen LogP contribution in [0, 0.1) is 6.92 Å². The maximum Gasteiger partial charge on any atom is 0.124 e. The summed E-state index contributed by atoms with van der Waals surface area (Å²) in [7, 11) is -4.47. The summed E-state index contributed by atoms with van der Waals surface area (Å²) < 4.78 is 34.1. The second-order valence-electron chi connectivity index (χ2n) is 6.07. The van der Waals surface area contributed by atoms with Crippen molar-refractivity contribution < 1.29 is 13.0 Å². The lowest BCUT2D eigenvalue weighted by molar-refractivity contribution is 0.463. The second kappa shape index (κ2) is 4.15. The Balaban J connectivity index is 2.47. The van der Waals surface area contributed by atoms with Gasteiger partial charge in [0.05, 0.1) is 10.6 Å². The van der Waals surface area contributed by atoms with Gasteiger partial charge in [-0.05, 0) is 53.9 Å². The molecule has 0 N–H and O–H groups in total. The van der Waals surface area contributed by atoms with Crippen LogP contribution in [0.4, 0.5) is 5.69 Å². The first-order valence-electron chi connectivity index (χ1n) is 6.72. The van der Waals surface area contributed by atoms with Gasteiger partial charge in [-0.15, -0.1) is 0 Å². The van der Waals surface area contributed by atoms with Crippen molar-refractivity contribution in [2.75, 3.05) is 0 Å². The molecule has 0 radical (unpaired) electrons. The minimum absolute atomic E-state index is 0.179. The van der Waals surface area contributed by atoms with Gasteiger partial charge < -0.3 is 4.55 Å². The molecule has 1 aliphatic heterocycles. The van der Waals surface area contributed by atoms with Gasteiger partial charge in [0.15, 0.2) is 0 Å². The van der Waals surface area contributed by atoms with E-state index in [9.17, 15) is 13.0 Å². The smallest absolute Gasteiger partial charge is 0.124 e. The molecule has 0 bridgehead atoms. The normalized spacial score (nSPS) is 16.9. The van der Waals surface area contributed by atoms with Gasteiger partial charge in [0.1, 0.15) is 10.1 Å². The summed E-state index contributed by atoms with van der Waals surface area (Å²) in [5.74, 6) is 0. The highest BCUT2D eigenvalue weighted by molar-refractivity contribution is 7.85. The van der Waals surface area contributed by atoms with Gasteiger partial charge in [-0.3, -0.25) is 4.99 Å². The highest BCUT2D eigenvalue weighted by atomic mass is 32.2. The quantitative estimate of drug-likeness (QED) is 0.758. The fourth-order valence-corrected chi connectivity index (χ4v) is 3.56. The molecular formula is C16H16NO3S-. The van der Waals surface area contributed by atoms with Crippen LogP contribution in [0.2, 0.25) is 0 Å². The third kappa shape index (κ3) is 2.00. The van der Waals surface area contributed by atoms with Gasteiger partial charge in [0.25, 0.3) is 0 Å². The summed E-state index contributed by atoms with van der Waals surface area (Å²) in [4.78, 5) is 4.39. The average Bonchev–Trinajstić information content (AvgIpc) is 2.59. The van der Waals surface area contributed by atoms with E-state index in [0.29, 0.717) is 0 Å². The summed E-state index contributed by atoms with van der Waals surface area (Å²) in [5.41, 5.74) is 3.34. The number of nitrogens with zero attached hydrogens (tertiary/aromatic N) is 1. The first-order chi connectivity index (χ1) is 9.62. The monoisotopic (exact) mass is 302 g/mol. The van der Waals surface area contributed by atoms with Gasteiger partial charge in [0, 0.05) is 11.1 Å². The molecule has 0 unspecified atom stereocenters. The van der Waals surface area contributed by atoms with Crippen LogP contribution < -0.4 is 0 Å². The molecule has 0 amide bonds. The lowest BCUT2D eigenvalue weighted by atomic mass is 9.79. The van der Waals surface area contributed by atoms with Gasteiger partial charge in [-0.25, -0.2) is 8.42 Å². The Morgan fingerprint density at radius 2 is 1.76 bits per heavy atom. The number of benzene rings is 2. The Kier molecular flexibility index (Phi) is 2.81. The van der Waals surface area contributed by atoms with E-state index in [1.165, 1.54) is 12.1 Å². The first-order valence-corrected chi connectivity index (χ1v) is 8.12. The average molecular weight is 302 g/mol. The van der Waals surface area contributed by atoms with E-state index in [1.54, 1.807) is 0 Å². The Morgan fingerprint density at radius 3 is 2.38 bits per heavy atom. The molecule has 2 aromatic rings. The summed E-state index contributed by atoms with van der Waals surface area (Å²) in [6.07, 6.45) is 0. The van der Waals surface area contributed by atoms with E-state index < -0.39 is 10.1 Å². The maximum atomic E-state index is 11.4. The third-order valence-electron chi connectivity index (χ3n) is 4.40. The lowest BCUT2D eigenvalue weighted by Gasteiger charge is -2.23. The number of hydrogen-bond acceptors (Lipinski definition) is 4. The van der Waals surface area contributed by atoms with Gasteiger partial charge in [0.2, 0.25) is 0 Å². The Bertz CT molecular complexity index is 909. The third-order valence-corrected chi connectivity index (χ3v) is 5.21. The predicted octanol–water partition coefficient (Wildman–Crippen LogP) is 3.44. The summed E-state index contributed by atoms with van der Waals surface area (Å²) in [6.45, 7) is 7.90. The van der Waals surface area contributed by atoms with Crippen molar-refractivity contribution in [2.24, 2.45) is 4.99 Å². The van der Waals surface area contributed by atoms with Crippen LogP contribution in [0.15, 0.2) is 34.2 Å². The Hall–Kier alpha value is -1.72. The summed E-state index contributed by atoms with van der Waals surface area (Å²) in [5, 5.41) is 1.76. The molecule has 2 aromatic carbocycles. The molecule has 0 spiro atoms. The first kappa shape index (κ1) is 14.2. The van der Waals surface area contributed by atoms with Gasteiger partial charge in [-0.2, -0.15) is 0 Å². The number of fused-ring (bicyclic) bond motifs is 3. The maximum absolute atomic E-state index is 11.4. The van der Waals surface area contributed by atoms with E-state index in [2.05, 4.69) is 18.8 Å².